The van der Waals surface area contributed by atoms with Gasteiger partial charge in [-0.05, 0) is 31.4 Å². The van der Waals surface area contributed by atoms with E-state index in [0.29, 0.717) is 31.5 Å². The van der Waals surface area contributed by atoms with E-state index in [1.54, 1.807) is 22.0 Å². The zero-order valence-corrected chi connectivity index (χ0v) is 14.2. The van der Waals surface area contributed by atoms with Gasteiger partial charge in [-0.25, -0.2) is 13.5 Å². The molecule has 1 aromatic carbocycles. The van der Waals surface area contributed by atoms with Gasteiger partial charge in [0.15, 0.2) is 0 Å². The summed E-state index contributed by atoms with van der Waals surface area (Å²) in [6.07, 6.45) is 2.32. The van der Waals surface area contributed by atoms with Gasteiger partial charge in [-0.1, -0.05) is 18.2 Å². The third-order valence-corrected chi connectivity index (χ3v) is 4.53. The van der Waals surface area contributed by atoms with Crippen molar-refractivity contribution >= 4 is 5.91 Å². The molecule has 1 saturated heterocycles. The van der Waals surface area contributed by atoms with Gasteiger partial charge in [-0.2, -0.15) is 5.10 Å². The molecule has 1 N–H and O–H groups in total. The van der Waals surface area contributed by atoms with Crippen molar-refractivity contribution in [3.05, 3.63) is 47.8 Å². The van der Waals surface area contributed by atoms with E-state index in [1.807, 2.05) is 31.2 Å². The topological polar surface area (TPSA) is 50.2 Å². The number of aryl methyl sites for hydroxylation is 1. The number of halogens is 2. The number of rotatable bonds is 5. The number of hydrogen-bond acceptors (Lipinski definition) is 3. The Kier molecular flexibility index (Phi) is 5.43. The lowest BCUT2D eigenvalue weighted by Gasteiger charge is -2.31. The number of likely N-dealkylation sites (tertiary alicyclic amines) is 1. The van der Waals surface area contributed by atoms with Gasteiger partial charge in [0.25, 0.3) is 12.3 Å². The Hall–Kier alpha value is -2.28. The average Bonchev–Trinajstić information content (AvgIpc) is 3.06. The highest BCUT2D eigenvalue weighted by atomic mass is 19.3. The van der Waals surface area contributed by atoms with Crippen LogP contribution in [-0.2, 0) is 0 Å². The lowest BCUT2D eigenvalue weighted by molar-refractivity contribution is 0.0696. The average molecular weight is 348 g/mol. The van der Waals surface area contributed by atoms with Gasteiger partial charge in [0.1, 0.15) is 0 Å². The summed E-state index contributed by atoms with van der Waals surface area (Å²) >= 11 is 0. The van der Waals surface area contributed by atoms with Crippen molar-refractivity contribution in [3.8, 4) is 5.69 Å². The Bertz CT molecular complexity index is 723. The second-order valence-electron chi connectivity index (χ2n) is 6.40. The first-order valence-corrected chi connectivity index (χ1v) is 8.45. The molecular weight excluding hydrogens is 326 g/mol. The molecule has 3 rings (SSSR count). The summed E-state index contributed by atoms with van der Waals surface area (Å²) in [6, 6.07) is 7.84. The van der Waals surface area contributed by atoms with Gasteiger partial charge >= 0.3 is 0 Å². The zero-order chi connectivity index (χ0) is 17.8. The molecule has 0 bridgehead atoms. The maximum atomic E-state index is 12.4. The second-order valence-corrected chi connectivity index (χ2v) is 6.40. The van der Waals surface area contributed by atoms with Crippen LogP contribution in [0.5, 0.6) is 0 Å². The highest BCUT2D eigenvalue weighted by molar-refractivity contribution is 5.94. The molecule has 25 heavy (non-hydrogen) atoms. The molecule has 7 heteroatoms. The van der Waals surface area contributed by atoms with Crippen LogP contribution in [-0.4, -0.2) is 52.7 Å². The van der Waals surface area contributed by atoms with Crippen molar-refractivity contribution in [2.45, 2.75) is 32.2 Å². The standard InChI is InChI=1S/C18H22F2N4O/c1-13-4-2-3-5-16(13)24-11-14(10-21-24)18(25)22-15-6-8-23(9-7-15)12-17(19)20/h2-5,10-11,15,17H,6-9,12H2,1H3,(H,22,25). The van der Waals surface area contributed by atoms with Crippen LogP contribution in [0.1, 0.15) is 28.8 Å². The smallest absolute Gasteiger partial charge is 0.254 e. The lowest BCUT2D eigenvalue weighted by Crippen LogP contribution is -2.45. The summed E-state index contributed by atoms with van der Waals surface area (Å²) in [5.74, 6) is -0.174. The maximum absolute atomic E-state index is 12.4. The minimum absolute atomic E-state index is 0.0169. The van der Waals surface area contributed by atoms with Crippen LogP contribution in [0.15, 0.2) is 36.7 Å². The molecule has 0 spiro atoms. The molecular formula is C18H22F2N4O. The van der Waals surface area contributed by atoms with E-state index in [0.717, 1.165) is 11.3 Å². The number of carbonyl (C=O) groups excluding carboxylic acids is 1. The zero-order valence-electron chi connectivity index (χ0n) is 14.2. The predicted octanol–water partition coefficient (Wildman–Crippen LogP) is 2.64. The Balaban J connectivity index is 1.57. The van der Waals surface area contributed by atoms with Crippen LogP contribution in [0.25, 0.3) is 5.69 Å². The third-order valence-electron chi connectivity index (χ3n) is 4.53. The Morgan fingerprint density at radius 2 is 2.04 bits per heavy atom. The van der Waals surface area contributed by atoms with Gasteiger partial charge in [-0.3, -0.25) is 9.69 Å². The number of para-hydroxylation sites is 1. The number of benzene rings is 1. The second kappa shape index (κ2) is 7.74. The molecule has 0 unspecified atom stereocenters. The van der Waals surface area contributed by atoms with E-state index in [2.05, 4.69) is 10.4 Å². The molecule has 0 radical (unpaired) electrons. The number of alkyl halides is 2. The number of aromatic nitrogens is 2. The molecule has 0 atom stereocenters. The fraction of sp³-hybridized carbons (Fsp3) is 0.444. The minimum Gasteiger partial charge on any atom is -0.349 e. The first kappa shape index (κ1) is 17.5. The number of nitrogens with one attached hydrogen (secondary N) is 1. The predicted molar refractivity (Wildman–Crippen MR) is 91.2 cm³/mol. The van der Waals surface area contributed by atoms with Crippen molar-refractivity contribution in [3.63, 3.8) is 0 Å². The largest absolute Gasteiger partial charge is 0.349 e. The molecule has 134 valence electrons. The van der Waals surface area contributed by atoms with E-state index in [4.69, 9.17) is 0 Å². The van der Waals surface area contributed by atoms with Gasteiger partial charge in [-0.15, -0.1) is 0 Å². The number of hydrogen-bond donors (Lipinski definition) is 1. The number of carbonyl (C=O) groups is 1. The number of piperidine rings is 1. The van der Waals surface area contributed by atoms with Crippen molar-refractivity contribution in [2.24, 2.45) is 0 Å². The van der Waals surface area contributed by atoms with Gasteiger partial charge in [0.05, 0.1) is 24.0 Å². The van der Waals surface area contributed by atoms with Crippen LogP contribution in [0.2, 0.25) is 0 Å². The molecule has 1 aliphatic rings. The summed E-state index contributed by atoms with van der Waals surface area (Å²) in [7, 11) is 0. The molecule has 0 saturated carbocycles. The van der Waals surface area contributed by atoms with E-state index in [9.17, 15) is 13.6 Å². The van der Waals surface area contributed by atoms with Crippen molar-refractivity contribution in [1.82, 2.24) is 20.0 Å². The molecule has 1 amide bonds. The summed E-state index contributed by atoms with van der Waals surface area (Å²) in [5.41, 5.74) is 2.50. The quantitative estimate of drug-likeness (QED) is 0.904. The van der Waals surface area contributed by atoms with E-state index in [-0.39, 0.29) is 18.5 Å². The normalized spacial score (nSPS) is 16.3. The first-order valence-electron chi connectivity index (χ1n) is 8.45. The summed E-state index contributed by atoms with van der Waals surface area (Å²) in [6.45, 7) is 2.96. The third kappa shape index (κ3) is 4.42. The molecule has 1 aromatic heterocycles. The van der Waals surface area contributed by atoms with Crippen LogP contribution < -0.4 is 5.32 Å². The van der Waals surface area contributed by atoms with Crippen LogP contribution >= 0.6 is 0 Å². The Labute approximate surface area is 145 Å². The lowest BCUT2D eigenvalue weighted by atomic mass is 10.0. The van der Waals surface area contributed by atoms with Crippen LogP contribution in [0.3, 0.4) is 0 Å². The fourth-order valence-electron chi connectivity index (χ4n) is 3.12. The van der Waals surface area contributed by atoms with Crippen molar-refractivity contribution in [2.75, 3.05) is 19.6 Å². The van der Waals surface area contributed by atoms with Crippen LogP contribution in [0, 0.1) is 6.92 Å². The summed E-state index contributed by atoms with van der Waals surface area (Å²) in [4.78, 5) is 14.1. The molecule has 1 fully saturated rings. The van der Waals surface area contributed by atoms with E-state index < -0.39 is 6.43 Å². The Morgan fingerprint density at radius 1 is 1.32 bits per heavy atom. The molecule has 2 aromatic rings. The van der Waals surface area contributed by atoms with Crippen molar-refractivity contribution < 1.29 is 13.6 Å². The number of nitrogens with zero attached hydrogens (tertiary/aromatic N) is 3. The minimum atomic E-state index is -2.31. The number of amides is 1. The van der Waals surface area contributed by atoms with E-state index >= 15 is 0 Å². The first-order chi connectivity index (χ1) is 12.0. The maximum Gasteiger partial charge on any atom is 0.254 e. The molecule has 5 nitrogen and oxygen atoms in total. The van der Waals surface area contributed by atoms with Crippen LogP contribution in [0.4, 0.5) is 8.78 Å². The van der Waals surface area contributed by atoms with Gasteiger partial charge in [0.2, 0.25) is 0 Å². The van der Waals surface area contributed by atoms with Crippen molar-refractivity contribution in [1.29, 1.82) is 0 Å². The van der Waals surface area contributed by atoms with Gasteiger partial charge < -0.3 is 5.32 Å². The van der Waals surface area contributed by atoms with Gasteiger partial charge in [0, 0.05) is 25.3 Å². The molecule has 0 aliphatic carbocycles. The fourth-order valence-corrected chi connectivity index (χ4v) is 3.12. The molecule has 2 heterocycles. The summed E-state index contributed by atoms with van der Waals surface area (Å²) < 4.78 is 26.5. The highest BCUT2D eigenvalue weighted by Crippen LogP contribution is 2.15. The molecule has 1 aliphatic heterocycles. The SMILES string of the molecule is Cc1ccccc1-n1cc(C(=O)NC2CCN(CC(F)F)CC2)cn1. The monoisotopic (exact) mass is 348 g/mol. The highest BCUT2D eigenvalue weighted by Gasteiger charge is 2.23. The Morgan fingerprint density at radius 3 is 2.72 bits per heavy atom. The summed E-state index contributed by atoms with van der Waals surface area (Å²) in [5, 5.41) is 7.25. The van der Waals surface area contributed by atoms with E-state index in [1.165, 1.54) is 0 Å².